The van der Waals surface area contributed by atoms with Gasteiger partial charge < -0.3 is 19.4 Å². The van der Waals surface area contributed by atoms with Crippen LogP contribution in [0.1, 0.15) is 34.7 Å². The van der Waals surface area contributed by atoms with Gasteiger partial charge in [-0.3, -0.25) is 9.59 Å². The molecule has 3 aromatic rings. The number of benzene rings is 2. The summed E-state index contributed by atoms with van der Waals surface area (Å²) in [6, 6.07) is 13.7. The normalized spacial score (nSPS) is 14.8. The lowest BCUT2D eigenvalue weighted by molar-refractivity contribution is 0.0711. The number of piperidine rings is 1. The van der Waals surface area contributed by atoms with Gasteiger partial charge in [-0.15, -0.1) is 0 Å². The first kappa shape index (κ1) is 19.1. The molecule has 0 atom stereocenters. The number of carbonyl (C=O) groups excluding carboxylic acids is 1. The Hall–Kier alpha value is -3.28. The number of hydrogen-bond donors (Lipinski definition) is 1. The summed E-state index contributed by atoms with van der Waals surface area (Å²) in [4.78, 5) is 30.9. The molecule has 1 aromatic heterocycles. The van der Waals surface area contributed by atoms with Gasteiger partial charge >= 0.3 is 0 Å². The number of H-pyrrole nitrogens is 1. The zero-order chi connectivity index (χ0) is 20.4. The van der Waals surface area contributed by atoms with Crippen LogP contribution < -0.4 is 14.9 Å². The average molecular weight is 392 g/mol. The molecule has 0 bridgehead atoms. The molecule has 2 aromatic carbocycles. The lowest BCUT2D eigenvalue weighted by atomic mass is 9.89. The molecule has 4 rings (SSSR count). The van der Waals surface area contributed by atoms with Crippen molar-refractivity contribution in [3.05, 3.63) is 70.0 Å². The molecule has 1 aliphatic rings. The van der Waals surface area contributed by atoms with Crippen molar-refractivity contribution in [1.82, 2.24) is 9.88 Å². The van der Waals surface area contributed by atoms with Crippen LogP contribution in [0.2, 0.25) is 0 Å². The fourth-order valence-corrected chi connectivity index (χ4v) is 4.02. The zero-order valence-corrected chi connectivity index (χ0v) is 16.6. The fourth-order valence-electron chi connectivity index (χ4n) is 4.02. The second kappa shape index (κ2) is 7.99. The number of aromatic amines is 1. The molecular formula is C23H24N2O4. The van der Waals surface area contributed by atoms with Crippen LogP contribution in [0.15, 0.2) is 53.5 Å². The first-order chi connectivity index (χ1) is 14.1. The van der Waals surface area contributed by atoms with E-state index in [0.29, 0.717) is 41.4 Å². The number of ether oxygens (including phenoxy) is 2. The van der Waals surface area contributed by atoms with Crippen LogP contribution in [0.5, 0.6) is 11.5 Å². The van der Waals surface area contributed by atoms with Crippen LogP contribution in [-0.2, 0) is 0 Å². The summed E-state index contributed by atoms with van der Waals surface area (Å²) in [6.45, 7) is 1.28. The molecule has 6 heteroatoms. The average Bonchev–Trinajstić information content (AvgIpc) is 2.79. The van der Waals surface area contributed by atoms with Gasteiger partial charge in [0.15, 0.2) is 11.5 Å². The number of pyridine rings is 1. The summed E-state index contributed by atoms with van der Waals surface area (Å²) in [5.41, 5.74) is 1.77. The topological polar surface area (TPSA) is 71.6 Å². The van der Waals surface area contributed by atoms with Crippen molar-refractivity contribution in [2.24, 2.45) is 0 Å². The quantitative estimate of drug-likeness (QED) is 0.737. The number of rotatable bonds is 4. The van der Waals surface area contributed by atoms with E-state index in [4.69, 9.17) is 9.47 Å². The lowest BCUT2D eigenvalue weighted by Crippen LogP contribution is -2.39. The number of carbonyl (C=O) groups is 1. The number of likely N-dealkylation sites (tertiary alicyclic amines) is 1. The molecule has 0 aliphatic carbocycles. The van der Waals surface area contributed by atoms with Gasteiger partial charge in [0.2, 0.25) is 5.43 Å². The molecule has 150 valence electrons. The van der Waals surface area contributed by atoms with Crippen molar-refractivity contribution in [1.29, 1.82) is 0 Å². The van der Waals surface area contributed by atoms with Crippen molar-refractivity contribution >= 4 is 16.8 Å². The number of amides is 1. The summed E-state index contributed by atoms with van der Waals surface area (Å²) in [6.07, 6.45) is 3.29. The second-order valence-corrected chi connectivity index (χ2v) is 7.26. The molecule has 29 heavy (non-hydrogen) atoms. The van der Waals surface area contributed by atoms with Gasteiger partial charge in [-0.05, 0) is 30.4 Å². The highest BCUT2D eigenvalue weighted by atomic mass is 16.5. The van der Waals surface area contributed by atoms with E-state index in [1.807, 2.05) is 18.2 Å². The van der Waals surface area contributed by atoms with Crippen LogP contribution >= 0.6 is 0 Å². The molecule has 1 amide bonds. The van der Waals surface area contributed by atoms with Crippen LogP contribution in [-0.4, -0.2) is 43.1 Å². The van der Waals surface area contributed by atoms with E-state index in [2.05, 4.69) is 17.1 Å². The molecule has 1 aliphatic heterocycles. The Kier molecular flexibility index (Phi) is 5.25. The van der Waals surface area contributed by atoms with E-state index in [1.165, 1.54) is 18.9 Å². The first-order valence-electron chi connectivity index (χ1n) is 9.74. The van der Waals surface area contributed by atoms with Crippen LogP contribution in [0, 0.1) is 0 Å². The third-order valence-corrected chi connectivity index (χ3v) is 5.67. The minimum atomic E-state index is -0.296. The number of nitrogens with zero attached hydrogens (tertiary/aromatic N) is 1. The SMILES string of the molecule is COc1cc2[nH]cc(C(=O)N3CCC(c4ccccc4)CC3)c(=O)c2cc1OC. The maximum atomic E-state index is 13.0. The molecular weight excluding hydrogens is 368 g/mol. The minimum absolute atomic E-state index is 0.155. The van der Waals surface area contributed by atoms with Crippen molar-refractivity contribution in [3.63, 3.8) is 0 Å². The molecule has 0 unspecified atom stereocenters. The van der Waals surface area contributed by atoms with Crippen LogP contribution in [0.4, 0.5) is 0 Å². The number of methoxy groups -OCH3 is 2. The van der Waals surface area contributed by atoms with E-state index < -0.39 is 0 Å². The van der Waals surface area contributed by atoms with Gasteiger partial charge in [0.25, 0.3) is 5.91 Å². The molecule has 2 heterocycles. The summed E-state index contributed by atoms with van der Waals surface area (Å²) in [7, 11) is 3.06. The summed E-state index contributed by atoms with van der Waals surface area (Å²) >= 11 is 0. The van der Waals surface area contributed by atoms with E-state index >= 15 is 0 Å². The number of fused-ring (bicyclic) bond motifs is 1. The largest absolute Gasteiger partial charge is 0.493 e. The minimum Gasteiger partial charge on any atom is -0.493 e. The van der Waals surface area contributed by atoms with Gasteiger partial charge in [0.05, 0.1) is 25.1 Å². The second-order valence-electron chi connectivity index (χ2n) is 7.26. The van der Waals surface area contributed by atoms with Crippen molar-refractivity contribution in [3.8, 4) is 11.5 Å². The third kappa shape index (κ3) is 3.58. The molecule has 0 saturated carbocycles. The number of aromatic nitrogens is 1. The maximum Gasteiger partial charge on any atom is 0.259 e. The van der Waals surface area contributed by atoms with E-state index in [-0.39, 0.29) is 16.9 Å². The van der Waals surface area contributed by atoms with Gasteiger partial charge in [-0.2, -0.15) is 0 Å². The van der Waals surface area contributed by atoms with Crippen molar-refractivity contribution < 1.29 is 14.3 Å². The van der Waals surface area contributed by atoms with Crippen LogP contribution in [0.25, 0.3) is 10.9 Å². The Balaban J connectivity index is 1.57. The molecule has 1 fully saturated rings. The third-order valence-electron chi connectivity index (χ3n) is 5.67. The van der Waals surface area contributed by atoms with Gasteiger partial charge in [-0.1, -0.05) is 30.3 Å². The molecule has 6 nitrogen and oxygen atoms in total. The zero-order valence-electron chi connectivity index (χ0n) is 16.6. The number of nitrogens with one attached hydrogen (secondary N) is 1. The lowest BCUT2D eigenvalue weighted by Gasteiger charge is -2.32. The summed E-state index contributed by atoms with van der Waals surface area (Å²) in [5.74, 6) is 1.21. The van der Waals surface area contributed by atoms with Crippen molar-refractivity contribution in [2.75, 3.05) is 27.3 Å². The predicted octanol–water partition coefficient (Wildman–Crippen LogP) is 3.57. The van der Waals surface area contributed by atoms with E-state index in [0.717, 1.165) is 12.8 Å². The molecule has 1 saturated heterocycles. The van der Waals surface area contributed by atoms with Crippen molar-refractivity contribution in [2.45, 2.75) is 18.8 Å². The Bertz CT molecular complexity index is 1080. The van der Waals surface area contributed by atoms with E-state index in [9.17, 15) is 9.59 Å². The van der Waals surface area contributed by atoms with Crippen LogP contribution in [0.3, 0.4) is 0 Å². The standard InChI is InChI=1S/C23H24N2O4/c1-28-20-12-17-19(13-21(20)29-2)24-14-18(22(17)26)23(27)25-10-8-16(9-11-25)15-6-4-3-5-7-15/h3-7,12-14,16H,8-11H2,1-2H3,(H,24,26). The highest BCUT2D eigenvalue weighted by Crippen LogP contribution is 2.31. The summed E-state index contributed by atoms with van der Waals surface area (Å²) < 4.78 is 10.6. The fraction of sp³-hybridized carbons (Fsp3) is 0.304. The Morgan fingerprint density at radius 1 is 1.03 bits per heavy atom. The Labute approximate surface area is 169 Å². The Morgan fingerprint density at radius 2 is 1.69 bits per heavy atom. The Morgan fingerprint density at radius 3 is 2.34 bits per heavy atom. The molecule has 1 N–H and O–H groups in total. The number of hydrogen-bond acceptors (Lipinski definition) is 4. The monoisotopic (exact) mass is 392 g/mol. The summed E-state index contributed by atoms with van der Waals surface area (Å²) in [5, 5.41) is 0.410. The maximum absolute atomic E-state index is 13.0. The predicted molar refractivity (Wildman–Crippen MR) is 112 cm³/mol. The van der Waals surface area contributed by atoms with E-state index in [1.54, 1.807) is 24.1 Å². The van der Waals surface area contributed by atoms with Gasteiger partial charge in [0.1, 0.15) is 5.56 Å². The first-order valence-corrected chi connectivity index (χ1v) is 9.74. The molecule has 0 spiro atoms. The smallest absolute Gasteiger partial charge is 0.259 e. The van der Waals surface area contributed by atoms with Gasteiger partial charge in [-0.25, -0.2) is 0 Å². The molecule has 0 radical (unpaired) electrons. The van der Waals surface area contributed by atoms with Gasteiger partial charge in [0, 0.05) is 25.4 Å². The highest BCUT2D eigenvalue weighted by molar-refractivity contribution is 5.97. The highest BCUT2D eigenvalue weighted by Gasteiger charge is 2.26.